The maximum Gasteiger partial charge on any atom is 0.298 e. The van der Waals surface area contributed by atoms with Gasteiger partial charge in [-0.15, -0.1) is 0 Å². The number of para-hydroxylation sites is 1. The summed E-state index contributed by atoms with van der Waals surface area (Å²) in [7, 11) is -4.71. The first-order chi connectivity index (χ1) is 15.0. The quantitative estimate of drug-likeness (QED) is 0.420. The Morgan fingerprint density at radius 2 is 1.62 bits per heavy atom. The number of rotatable bonds is 7. The molecule has 0 saturated heterocycles. The second-order valence-corrected chi connectivity index (χ2v) is 8.98. The van der Waals surface area contributed by atoms with E-state index >= 15 is 0 Å². The lowest BCUT2D eigenvalue weighted by atomic mass is 10.1. The molecule has 1 aliphatic carbocycles. The van der Waals surface area contributed by atoms with Crippen molar-refractivity contribution in [3.8, 4) is 11.5 Å². The zero-order chi connectivity index (χ0) is 23.6. The van der Waals surface area contributed by atoms with Gasteiger partial charge in [0.15, 0.2) is 5.76 Å². The van der Waals surface area contributed by atoms with Crippen molar-refractivity contribution in [3.05, 3.63) is 70.1 Å². The van der Waals surface area contributed by atoms with Crippen LogP contribution in [0.1, 0.15) is 13.8 Å². The van der Waals surface area contributed by atoms with E-state index in [1.165, 1.54) is 12.1 Å². The molecular formula is C21H17Cl2NO7S. The standard InChI is InChI=1S/C21H17Cl2NO7S/c1-11(2)30-21-17(23)19(25)18(16(22)20(21)26)24-12-8-9-14(15(10-12)32(27,28)29)31-13-6-4-3-5-7-13/h3-11,24H,1-2H3,(H,27,28,29). The van der Waals surface area contributed by atoms with Gasteiger partial charge in [0.05, 0.1) is 6.10 Å². The van der Waals surface area contributed by atoms with Gasteiger partial charge in [-0.3, -0.25) is 14.1 Å². The fourth-order valence-electron chi connectivity index (χ4n) is 2.71. The Bertz CT molecular complexity index is 1250. The van der Waals surface area contributed by atoms with Crippen molar-refractivity contribution in [2.45, 2.75) is 24.8 Å². The Morgan fingerprint density at radius 1 is 0.969 bits per heavy atom. The van der Waals surface area contributed by atoms with E-state index < -0.39 is 42.7 Å². The minimum absolute atomic E-state index is 0.0324. The number of ketones is 2. The van der Waals surface area contributed by atoms with E-state index in [9.17, 15) is 22.6 Å². The van der Waals surface area contributed by atoms with Crippen LogP contribution in [-0.2, 0) is 24.4 Å². The molecule has 0 bridgehead atoms. The van der Waals surface area contributed by atoms with Gasteiger partial charge in [-0.05, 0) is 44.2 Å². The molecule has 8 nitrogen and oxygen atoms in total. The highest BCUT2D eigenvalue weighted by molar-refractivity contribution is 7.86. The summed E-state index contributed by atoms with van der Waals surface area (Å²) in [6.07, 6.45) is -0.427. The molecule has 0 fully saturated rings. The predicted molar refractivity (Wildman–Crippen MR) is 118 cm³/mol. The highest BCUT2D eigenvalue weighted by Crippen LogP contribution is 2.34. The summed E-state index contributed by atoms with van der Waals surface area (Å²) >= 11 is 12.1. The fourth-order valence-corrected chi connectivity index (χ4v) is 3.79. The molecule has 0 unspecified atom stereocenters. The van der Waals surface area contributed by atoms with Crippen LogP contribution in [0.2, 0.25) is 0 Å². The molecule has 0 amide bonds. The monoisotopic (exact) mass is 497 g/mol. The average Bonchev–Trinajstić information content (AvgIpc) is 2.73. The van der Waals surface area contributed by atoms with Gasteiger partial charge in [0, 0.05) is 5.69 Å². The molecule has 0 atom stereocenters. The van der Waals surface area contributed by atoms with Crippen molar-refractivity contribution in [1.29, 1.82) is 0 Å². The second kappa shape index (κ2) is 9.33. The number of halogens is 2. The molecule has 2 N–H and O–H groups in total. The zero-order valence-electron chi connectivity index (χ0n) is 16.8. The van der Waals surface area contributed by atoms with Crippen LogP contribution in [0, 0.1) is 0 Å². The van der Waals surface area contributed by atoms with Crippen LogP contribution in [-0.4, -0.2) is 30.6 Å². The molecule has 1 aliphatic rings. The van der Waals surface area contributed by atoms with Gasteiger partial charge in [-0.2, -0.15) is 8.42 Å². The molecule has 0 radical (unpaired) electrons. The van der Waals surface area contributed by atoms with Crippen LogP contribution < -0.4 is 10.1 Å². The lowest BCUT2D eigenvalue weighted by molar-refractivity contribution is -0.118. The number of hydrogen-bond acceptors (Lipinski definition) is 7. The molecule has 2 aromatic rings. The molecule has 3 rings (SSSR count). The van der Waals surface area contributed by atoms with E-state index in [0.717, 1.165) is 6.07 Å². The molecule has 0 spiro atoms. The number of anilines is 1. The summed E-state index contributed by atoms with van der Waals surface area (Å²) in [6, 6.07) is 12.0. The summed E-state index contributed by atoms with van der Waals surface area (Å²) in [5.74, 6) is -1.80. The number of benzene rings is 2. The van der Waals surface area contributed by atoms with Crippen LogP contribution >= 0.6 is 23.2 Å². The Morgan fingerprint density at radius 3 is 2.22 bits per heavy atom. The van der Waals surface area contributed by atoms with Crippen molar-refractivity contribution in [2.24, 2.45) is 0 Å². The first-order valence-electron chi connectivity index (χ1n) is 9.16. The number of allylic oxidation sites excluding steroid dienone is 2. The van der Waals surface area contributed by atoms with Gasteiger partial charge >= 0.3 is 0 Å². The topological polar surface area (TPSA) is 119 Å². The SMILES string of the molecule is CC(C)OC1=C(Cl)C(=O)C(Nc2ccc(Oc3ccccc3)c(S(=O)(=O)O)c2)=C(Cl)C1=O. The third-order valence-corrected chi connectivity index (χ3v) is 5.65. The summed E-state index contributed by atoms with van der Waals surface area (Å²) in [5.41, 5.74) is -0.333. The van der Waals surface area contributed by atoms with E-state index in [1.807, 2.05) is 0 Å². The van der Waals surface area contributed by atoms with E-state index in [1.54, 1.807) is 44.2 Å². The Balaban J connectivity index is 1.97. The third-order valence-electron chi connectivity index (χ3n) is 4.07. The smallest absolute Gasteiger partial charge is 0.298 e. The van der Waals surface area contributed by atoms with Crippen LogP contribution in [0.25, 0.3) is 0 Å². The zero-order valence-corrected chi connectivity index (χ0v) is 19.1. The first-order valence-corrected chi connectivity index (χ1v) is 11.4. The minimum Gasteiger partial charge on any atom is -0.485 e. The molecule has 32 heavy (non-hydrogen) atoms. The van der Waals surface area contributed by atoms with Gasteiger partial charge in [-0.25, -0.2) is 0 Å². The van der Waals surface area contributed by atoms with Gasteiger partial charge in [0.1, 0.15) is 32.2 Å². The van der Waals surface area contributed by atoms with Crippen LogP contribution in [0.15, 0.2) is 74.9 Å². The molecule has 0 aromatic heterocycles. The number of carbonyl (C=O) groups excluding carboxylic acids is 2. The molecule has 0 saturated carbocycles. The normalized spacial score (nSPS) is 14.8. The number of ether oxygens (including phenoxy) is 2. The number of hydrogen-bond donors (Lipinski definition) is 2. The van der Waals surface area contributed by atoms with E-state index in [0.29, 0.717) is 5.75 Å². The molecule has 0 heterocycles. The Kier molecular flexibility index (Phi) is 6.94. The summed E-state index contributed by atoms with van der Waals surface area (Å²) < 4.78 is 44.3. The maximum absolute atomic E-state index is 12.6. The number of nitrogens with one attached hydrogen (secondary N) is 1. The van der Waals surface area contributed by atoms with E-state index in [4.69, 9.17) is 32.7 Å². The van der Waals surface area contributed by atoms with Crippen molar-refractivity contribution >= 4 is 50.6 Å². The van der Waals surface area contributed by atoms with Crippen LogP contribution in [0.3, 0.4) is 0 Å². The van der Waals surface area contributed by atoms with Gasteiger partial charge in [0.25, 0.3) is 10.1 Å². The molecule has 11 heteroatoms. The van der Waals surface area contributed by atoms with Gasteiger partial charge < -0.3 is 14.8 Å². The Hall–Kier alpha value is -2.85. The van der Waals surface area contributed by atoms with Crippen molar-refractivity contribution in [1.82, 2.24) is 0 Å². The Labute approximate surface area is 194 Å². The van der Waals surface area contributed by atoms with Crippen molar-refractivity contribution < 1.29 is 32.0 Å². The highest BCUT2D eigenvalue weighted by Gasteiger charge is 2.35. The minimum atomic E-state index is -4.71. The lowest BCUT2D eigenvalue weighted by Crippen LogP contribution is -2.26. The third kappa shape index (κ3) is 5.13. The van der Waals surface area contributed by atoms with Crippen LogP contribution in [0.4, 0.5) is 5.69 Å². The van der Waals surface area contributed by atoms with Crippen LogP contribution in [0.5, 0.6) is 11.5 Å². The molecule has 168 valence electrons. The molecule has 0 aliphatic heterocycles. The lowest BCUT2D eigenvalue weighted by Gasteiger charge is -2.21. The van der Waals surface area contributed by atoms with E-state index in [2.05, 4.69) is 5.32 Å². The van der Waals surface area contributed by atoms with Crippen molar-refractivity contribution in [2.75, 3.05) is 5.32 Å². The molecular weight excluding hydrogens is 481 g/mol. The average molecular weight is 498 g/mol. The largest absolute Gasteiger partial charge is 0.485 e. The predicted octanol–water partition coefficient (Wildman–Crippen LogP) is 4.62. The van der Waals surface area contributed by atoms with Gasteiger partial charge in [0.2, 0.25) is 11.6 Å². The molecule has 2 aromatic carbocycles. The van der Waals surface area contributed by atoms with Gasteiger partial charge in [-0.1, -0.05) is 41.4 Å². The summed E-state index contributed by atoms with van der Waals surface area (Å²) in [6.45, 7) is 3.30. The maximum atomic E-state index is 12.6. The highest BCUT2D eigenvalue weighted by atomic mass is 35.5. The summed E-state index contributed by atoms with van der Waals surface area (Å²) in [4.78, 5) is 24.6. The second-order valence-electron chi connectivity index (χ2n) is 6.83. The number of carbonyl (C=O) groups is 2. The fraction of sp³-hybridized carbons (Fsp3) is 0.143. The van der Waals surface area contributed by atoms with E-state index in [-0.39, 0.29) is 22.9 Å². The summed E-state index contributed by atoms with van der Waals surface area (Å²) in [5, 5.41) is 1.65. The number of Topliss-reactive ketones (excluding diaryl/α,β-unsaturated/α-hetero) is 2. The van der Waals surface area contributed by atoms with Crippen molar-refractivity contribution in [3.63, 3.8) is 0 Å². The first kappa shape index (κ1) is 23.8.